The number of amides is 4. The summed E-state index contributed by atoms with van der Waals surface area (Å²) in [5.74, 6) is -0.504. The molecule has 8 nitrogen and oxygen atoms in total. The van der Waals surface area contributed by atoms with Crippen LogP contribution in [0.15, 0.2) is 24.3 Å². The number of imide groups is 1. The molecule has 1 aliphatic carbocycles. The second kappa shape index (κ2) is 8.53. The van der Waals surface area contributed by atoms with Crippen LogP contribution in [0.1, 0.15) is 31.4 Å². The lowest BCUT2D eigenvalue weighted by Crippen LogP contribution is -2.48. The van der Waals surface area contributed by atoms with Crippen LogP contribution in [0.25, 0.3) is 0 Å². The Balaban J connectivity index is 1.39. The first-order chi connectivity index (χ1) is 14.4. The molecule has 30 heavy (non-hydrogen) atoms. The van der Waals surface area contributed by atoms with Gasteiger partial charge in [-0.15, -0.1) is 0 Å². The van der Waals surface area contributed by atoms with Crippen molar-refractivity contribution >= 4 is 29.4 Å². The molecule has 4 amide bonds. The predicted molar refractivity (Wildman–Crippen MR) is 111 cm³/mol. The average Bonchev–Trinajstić information content (AvgIpc) is 3.56. The molecule has 1 saturated carbocycles. The standard InChI is InChI=1S/C21H27ClN4O4/c1-21(15-4-5-15)19(28)26(20(29)24-21)13-18(27)23-12-17(25-8-10-30-11-9-25)14-2-6-16(22)7-3-14/h2-3,6-7,15,17H,4-5,8-13H2,1H3,(H,23,27)(H,24,29). The summed E-state index contributed by atoms with van der Waals surface area (Å²) >= 11 is 6.02. The molecule has 0 aromatic heterocycles. The number of urea groups is 1. The fourth-order valence-corrected chi connectivity index (χ4v) is 4.36. The van der Waals surface area contributed by atoms with Crippen molar-refractivity contribution in [2.75, 3.05) is 39.4 Å². The van der Waals surface area contributed by atoms with E-state index in [2.05, 4.69) is 15.5 Å². The number of halogens is 1. The van der Waals surface area contributed by atoms with E-state index in [4.69, 9.17) is 16.3 Å². The molecule has 1 aromatic carbocycles. The van der Waals surface area contributed by atoms with Crippen LogP contribution in [0.4, 0.5) is 4.79 Å². The molecule has 4 rings (SSSR count). The van der Waals surface area contributed by atoms with E-state index in [-0.39, 0.29) is 30.3 Å². The van der Waals surface area contributed by atoms with Crippen molar-refractivity contribution in [3.8, 4) is 0 Å². The monoisotopic (exact) mass is 434 g/mol. The summed E-state index contributed by atoms with van der Waals surface area (Å²) in [5, 5.41) is 6.33. The molecule has 2 heterocycles. The molecule has 3 fully saturated rings. The summed E-state index contributed by atoms with van der Waals surface area (Å²) in [6.45, 7) is 4.64. The van der Waals surface area contributed by atoms with E-state index in [0.29, 0.717) is 24.8 Å². The molecule has 2 N–H and O–H groups in total. The maximum Gasteiger partial charge on any atom is 0.325 e. The quantitative estimate of drug-likeness (QED) is 0.635. The number of hydrogen-bond acceptors (Lipinski definition) is 5. The Kier molecular flexibility index (Phi) is 5.99. The molecule has 3 aliphatic rings. The van der Waals surface area contributed by atoms with E-state index in [0.717, 1.165) is 36.4 Å². The van der Waals surface area contributed by atoms with Gasteiger partial charge in [0.05, 0.1) is 19.3 Å². The van der Waals surface area contributed by atoms with Gasteiger partial charge < -0.3 is 15.4 Å². The summed E-state index contributed by atoms with van der Waals surface area (Å²) in [4.78, 5) is 40.9. The number of benzene rings is 1. The lowest BCUT2D eigenvalue weighted by molar-refractivity contribution is -0.135. The Morgan fingerprint density at radius 1 is 1.27 bits per heavy atom. The third-order valence-corrected chi connectivity index (χ3v) is 6.48. The van der Waals surface area contributed by atoms with Gasteiger partial charge in [-0.1, -0.05) is 23.7 Å². The highest BCUT2D eigenvalue weighted by Gasteiger charge is 2.56. The van der Waals surface area contributed by atoms with E-state index in [1.807, 2.05) is 24.3 Å². The third-order valence-electron chi connectivity index (χ3n) is 6.23. The molecule has 9 heteroatoms. The highest BCUT2D eigenvalue weighted by atomic mass is 35.5. The van der Waals surface area contributed by atoms with Gasteiger partial charge in [0.2, 0.25) is 5.91 Å². The molecule has 2 aliphatic heterocycles. The molecular weight excluding hydrogens is 408 g/mol. The molecule has 2 saturated heterocycles. The molecule has 0 spiro atoms. The van der Waals surface area contributed by atoms with Crippen molar-refractivity contribution in [1.82, 2.24) is 20.4 Å². The number of ether oxygens (including phenoxy) is 1. The fraction of sp³-hybridized carbons (Fsp3) is 0.571. The molecule has 2 unspecified atom stereocenters. The SMILES string of the molecule is CC1(C2CC2)NC(=O)N(CC(=O)NCC(c2ccc(Cl)cc2)N2CCOCC2)C1=O. The van der Waals surface area contributed by atoms with E-state index < -0.39 is 11.6 Å². The van der Waals surface area contributed by atoms with Crippen molar-refractivity contribution < 1.29 is 19.1 Å². The second-order valence-electron chi connectivity index (χ2n) is 8.32. The smallest absolute Gasteiger partial charge is 0.325 e. The Morgan fingerprint density at radius 3 is 2.57 bits per heavy atom. The zero-order valence-electron chi connectivity index (χ0n) is 17.0. The highest BCUT2D eigenvalue weighted by molar-refractivity contribution is 6.30. The number of hydrogen-bond donors (Lipinski definition) is 2. The number of nitrogens with zero attached hydrogens (tertiary/aromatic N) is 2. The van der Waals surface area contributed by atoms with Crippen molar-refractivity contribution in [2.45, 2.75) is 31.3 Å². The summed E-state index contributed by atoms with van der Waals surface area (Å²) in [6.07, 6.45) is 1.84. The molecular formula is C21H27ClN4O4. The van der Waals surface area contributed by atoms with Crippen LogP contribution in [0.2, 0.25) is 5.02 Å². The van der Waals surface area contributed by atoms with E-state index in [1.165, 1.54) is 0 Å². The minimum absolute atomic E-state index is 0.0463. The zero-order valence-corrected chi connectivity index (χ0v) is 17.8. The molecule has 162 valence electrons. The van der Waals surface area contributed by atoms with E-state index in [9.17, 15) is 14.4 Å². The Hall–Kier alpha value is -2.16. The number of carbonyl (C=O) groups excluding carboxylic acids is 3. The van der Waals surface area contributed by atoms with Gasteiger partial charge in [0.25, 0.3) is 5.91 Å². The van der Waals surface area contributed by atoms with Gasteiger partial charge in [0, 0.05) is 24.7 Å². The third kappa shape index (κ3) is 4.31. The molecule has 1 aromatic rings. The summed E-state index contributed by atoms with van der Waals surface area (Å²) in [5.41, 5.74) is 0.162. The first-order valence-electron chi connectivity index (χ1n) is 10.4. The number of carbonyl (C=O) groups is 3. The van der Waals surface area contributed by atoms with E-state index >= 15 is 0 Å². The highest BCUT2D eigenvalue weighted by Crippen LogP contribution is 2.42. The van der Waals surface area contributed by atoms with Crippen LogP contribution >= 0.6 is 11.6 Å². The average molecular weight is 435 g/mol. The summed E-state index contributed by atoms with van der Waals surface area (Å²) in [6, 6.07) is 7.03. The maximum absolute atomic E-state index is 12.7. The van der Waals surface area contributed by atoms with Crippen molar-refractivity contribution in [2.24, 2.45) is 5.92 Å². The predicted octanol–water partition coefficient (Wildman–Crippen LogP) is 1.55. The zero-order chi connectivity index (χ0) is 21.3. The number of nitrogens with one attached hydrogen (secondary N) is 2. The lowest BCUT2D eigenvalue weighted by Gasteiger charge is -2.35. The second-order valence-corrected chi connectivity index (χ2v) is 8.75. The van der Waals surface area contributed by atoms with E-state index in [1.54, 1.807) is 6.92 Å². The first kappa shape index (κ1) is 21.1. The molecule has 0 radical (unpaired) electrons. The Bertz CT molecular complexity index is 823. The maximum atomic E-state index is 12.7. The normalized spacial score (nSPS) is 25.9. The first-order valence-corrected chi connectivity index (χ1v) is 10.7. The molecule has 2 atom stereocenters. The Morgan fingerprint density at radius 2 is 1.93 bits per heavy atom. The van der Waals surface area contributed by atoms with Gasteiger partial charge in [0.1, 0.15) is 12.1 Å². The summed E-state index contributed by atoms with van der Waals surface area (Å²) < 4.78 is 5.45. The Labute approximate surface area is 180 Å². The van der Waals surface area contributed by atoms with Gasteiger partial charge in [-0.3, -0.25) is 19.4 Å². The fourth-order valence-electron chi connectivity index (χ4n) is 4.24. The van der Waals surface area contributed by atoms with Crippen LogP contribution < -0.4 is 10.6 Å². The van der Waals surface area contributed by atoms with Crippen LogP contribution in [-0.4, -0.2) is 72.6 Å². The van der Waals surface area contributed by atoms with Crippen LogP contribution in [0, 0.1) is 5.92 Å². The van der Waals surface area contributed by atoms with Gasteiger partial charge >= 0.3 is 6.03 Å². The van der Waals surface area contributed by atoms with Gasteiger partial charge in [-0.25, -0.2) is 4.79 Å². The lowest BCUT2D eigenvalue weighted by atomic mass is 9.96. The number of morpholine rings is 1. The van der Waals surface area contributed by atoms with Crippen molar-refractivity contribution in [3.05, 3.63) is 34.9 Å². The largest absolute Gasteiger partial charge is 0.379 e. The molecule has 0 bridgehead atoms. The summed E-state index contributed by atoms with van der Waals surface area (Å²) in [7, 11) is 0. The van der Waals surface area contributed by atoms with Crippen molar-refractivity contribution in [3.63, 3.8) is 0 Å². The van der Waals surface area contributed by atoms with Crippen LogP contribution in [-0.2, 0) is 14.3 Å². The van der Waals surface area contributed by atoms with Gasteiger partial charge in [-0.2, -0.15) is 0 Å². The van der Waals surface area contributed by atoms with Gasteiger partial charge in [0.15, 0.2) is 0 Å². The van der Waals surface area contributed by atoms with Crippen LogP contribution in [0.5, 0.6) is 0 Å². The topological polar surface area (TPSA) is 91.0 Å². The minimum Gasteiger partial charge on any atom is -0.379 e. The minimum atomic E-state index is -0.878. The van der Waals surface area contributed by atoms with Crippen LogP contribution in [0.3, 0.4) is 0 Å². The number of rotatable bonds is 7. The van der Waals surface area contributed by atoms with Crippen molar-refractivity contribution in [1.29, 1.82) is 0 Å². The van der Waals surface area contributed by atoms with Gasteiger partial charge in [-0.05, 0) is 43.4 Å².